The lowest BCUT2D eigenvalue weighted by atomic mass is 9.86. The number of ether oxygens (including phenoxy) is 1. The van der Waals surface area contributed by atoms with Crippen LogP contribution in [0.1, 0.15) is 55.7 Å². The van der Waals surface area contributed by atoms with Crippen molar-refractivity contribution in [2.45, 2.75) is 51.5 Å². The van der Waals surface area contributed by atoms with E-state index < -0.39 is 0 Å². The van der Waals surface area contributed by atoms with Crippen LogP contribution in [0.5, 0.6) is 5.75 Å². The first-order valence-electron chi connectivity index (χ1n) is 7.58. The van der Waals surface area contributed by atoms with Gasteiger partial charge >= 0.3 is 0 Å². The fourth-order valence-corrected chi connectivity index (χ4v) is 3.36. The van der Waals surface area contributed by atoms with E-state index >= 15 is 0 Å². The van der Waals surface area contributed by atoms with Crippen LogP contribution in [0.4, 0.5) is 0 Å². The van der Waals surface area contributed by atoms with Crippen LogP contribution in [0, 0.1) is 12.8 Å². The second-order valence-electron chi connectivity index (χ2n) is 5.76. The quantitative estimate of drug-likeness (QED) is 0.819. The molecule has 0 aliphatic heterocycles. The zero-order valence-corrected chi connectivity index (χ0v) is 12.5. The Hall–Kier alpha value is -1.02. The van der Waals surface area contributed by atoms with Crippen LogP contribution < -0.4 is 10.1 Å². The molecular formula is C17H27NO. The van der Waals surface area contributed by atoms with Gasteiger partial charge in [0.1, 0.15) is 5.75 Å². The number of hydrogen-bond acceptors (Lipinski definition) is 2. The summed E-state index contributed by atoms with van der Waals surface area (Å²) >= 11 is 0. The largest absolute Gasteiger partial charge is 0.496 e. The van der Waals surface area contributed by atoms with Crippen molar-refractivity contribution < 1.29 is 4.74 Å². The number of nitrogens with one attached hydrogen (secondary N) is 1. The Morgan fingerprint density at radius 3 is 2.42 bits per heavy atom. The van der Waals surface area contributed by atoms with Crippen LogP contribution in [0.25, 0.3) is 0 Å². The highest BCUT2D eigenvalue weighted by atomic mass is 16.5. The molecule has 0 aromatic heterocycles. The third kappa shape index (κ3) is 3.50. The van der Waals surface area contributed by atoms with Crippen LogP contribution in [-0.4, -0.2) is 14.2 Å². The van der Waals surface area contributed by atoms with Gasteiger partial charge in [0.05, 0.1) is 7.11 Å². The summed E-state index contributed by atoms with van der Waals surface area (Å²) in [4.78, 5) is 0. The molecule has 1 aliphatic carbocycles. The Morgan fingerprint density at radius 1 is 1.16 bits per heavy atom. The molecule has 2 heteroatoms. The minimum atomic E-state index is 0.425. The van der Waals surface area contributed by atoms with E-state index in [4.69, 9.17) is 4.74 Å². The molecule has 1 aromatic carbocycles. The molecule has 0 bridgehead atoms. The van der Waals surface area contributed by atoms with Crippen LogP contribution >= 0.6 is 0 Å². The number of benzene rings is 1. The predicted octanol–water partition coefficient (Wildman–Crippen LogP) is 4.23. The van der Waals surface area contributed by atoms with Gasteiger partial charge in [0.2, 0.25) is 0 Å². The summed E-state index contributed by atoms with van der Waals surface area (Å²) in [5.41, 5.74) is 2.58. The summed E-state index contributed by atoms with van der Waals surface area (Å²) in [7, 11) is 3.85. The topological polar surface area (TPSA) is 21.3 Å². The SMILES string of the molecule is CNC(c1ccc(C)cc1OC)C1CCCCCC1. The van der Waals surface area contributed by atoms with Crippen LogP contribution in [0.2, 0.25) is 0 Å². The predicted molar refractivity (Wildman–Crippen MR) is 80.7 cm³/mol. The molecular weight excluding hydrogens is 234 g/mol. The third-order valence-corrected chi connectivity index (χ3v) is 4.41. The van der Waals surface area contributed by atoms with E-state index in [2.05, 4.69) is 37.5 Å². The Bertz CT molecular complexity index is 394. The summed E-state index contributed by atoms with van der Waals surface area (Å²) < 4.78 is 5.59. The summed E-state index contributed by atoms with van der Waals surface area (Å²) in [5.74, 6) is 1.77. The highest BCUT2D eigenvalue weighted by Crippen LogP contribution is 2.37. The molecule has 1 unspecified atom stereocenters. The Balaban J connectivity index is 2.24. The van der Waals surface area contributed by atoms with Gasteiger partial charge < -0.3 is 10.1 Å². The molecule has 0 amide bonds. The smallest absolute Gasteiger partial charge is 0.123 e. The van der Waals surface area contributed by atoms with Crippen molar-refractivity contribution in [1.29, 1.82) is 0 Å². The molecule has 106 valence electrons. The van der Waals surface area contributed by atoms with Crippen LogP contribution in [0.15, 0.2) is 18.2 Å². The minimum Gasteiger partial charge on any atom is -0.496 e. The zero-order valence-electron chi connectivity index (χ0n) is 12.5. The molecule has 2 rings (SSSR count). The van der Waals surface area contributed by atoms with Gasteiger partial charge in [0, 0.05) is 11.6 Å². The summed E-state index contributed by atoms with van der Waals surface area (Å²) in [5, 5.41) is 3.53. The Morgan fingerprint density at radius 2 is 1.84 bits per heavy atom. The standard InChI is InChI=1S/C17H27NO/c1-13-10-11-15(16(12-13)19-3)17(18-2)14-8-6-4-5-7-9-14/h10-12,14,17-18H,4-9H2,1-3H3. The minimum absolute atomic E-state index is 0.425. The normalized spacial score (nSPS) is 18.9. The summed E-state index contributed by atoms with van der Waals surface area (Å²) in [6.07, 6.45) is 8.22. The first kappa shape index (κ1) is 14.4. The van der Waals surface area contributed by atoms with E-state index in [0.717, 1.165) is 11.7 Å². The lowest BCUT2D eigenvalue weighted by Gasteiger charge is -2.27. The van der Waals surface area contributed by atoms with Crippen LogP contribution in [0.3, 0.4) is 0 Å². The van der Waals surface area contributed by atoms with Crippen molar-refractivity contribution in [3.05, 3.63) is 29.3 Å². The number of aryl methyl sites for hydroxylation is 1. The van der Waals surface area contributed by atoms with Gasteiger partial charge in [-0.15, -0.1) is 0 Å². The van der Waals surface area contributed by atoms with Crippen LogP contribution in [-0.2, 0) is 0 Å². The third-order valence-electron chi connectivity index (χ3n) is 4.41. The highest BCUT2D eigenvalue weighted by molar-refractivity contribution is 5.39. The fourth-order valence-electron chi connectivity index (χ4n) is 3.36. The molecule has 1 aromatic rings. The van der Waals surface area contributed by atoms with Gasteiger partial charge in [-0.2, -0.15) is 0 Å². The maximum Gasteiger partial charge on any atom is 0.123 e. The van der Waals surface area contributed by atoms with Crippen molar-refractivity contribution >= 4 is 0 Å². The highest BCUT2D eigenvalue weighted by Gasteiger charge is 2.25. The first-order valence-corrected chi connectivity index (χ1v) is 7.58. The molecule has 0 spiro atoms. The van der Waals surface area contributed by atoms with Crippen molar-refractivity contribution in [3.63, 3.8) is 0 Å². The Kier molecular flexibility index (Phi) is 5.26. The van der Waals surface area contributed by atoms with E-state index in [1.165, 1.54) is 49.7 Å². The average molecular weight is 261 g/mol. The second-order valence-corrected chi connectivity index (χ2v) is 5.76. The number of rotatable bonds is 4. The molecule has 19 heavy (non-hydrogen) atoms. The zero-order chi connectivity index (χ0) is 13.7. The van der Waals surface area contributed by atoms with Gasteiger partial charge in [0.25, 0.3) is 0 Å². The molecule has 0 heterocycles. The van der Waals surface area contributed by atoms with E-state index in [-0.39, 0.29) is 0 Å². The van der Waals surface area contributed by atoms with E-state index in [1.807, 2.05) is 0 Å². The fraction of sp³-hybridized carbons (Fsp3) is 0.647. The molecule has 1 N–H and O–H groups in total. The number of hydrogen-bond donors (Lipinski definition) is 1. The van der Waals surface area contributed by atoms with Gasteiger partial charge in [0.15, 0.2) is 0 Å². The number of methoxy groups -OCH3 is 1. The van der Waals surface area contributed by atoms with Crippen molar-refractivity contribution in [1.82, 2.24) is 5.32 Å². The van der Waals surface area contributed by atoms with Gasteiger partial charge in [-0.1, -0.05) is 37.8 Å². The average Bonchev–Trinajstić information content (AvgIpc) is 2.70. The van der Waals surface area contributed by atoms with Crippen molar-refractivity contribution in [2.75, 3.05) is 14.2 Å². The Labute approximate surface area is 117 Å². The second kappa shape index (κ2) is 6.95. The van der Waals surface area contributed by atoms with Gasteiger partial charge in [-0.3, -0.25) is 0 Å². The molecule has 0 saturated heterocycles. The molecule has 1 fully saturated rings. The lowest BCUT2D eigenvalue weighted by Crippen LogP contribution is -2.25. The van der Waals surface area contributed by atoms with Crippen molar-refractivity contribution in [3.8, 4) is 5.75 Å². The first-order chi connectivity index (χ1) is 9.26. The molecule has 1 aliphatic rings. The van der Waals surface area contributed by atoms with Gasteiger partial charge in [-0.05, 0) is 44.4 Å². The maximum absolute atomic E-state index is 5.59. The van der Waals surface area contributed by atoms with Crippen molar-refractivity contribution in [2.24, 2.45) is 5.92 Å². The molecule has 1 atom stereocenters. The van der Waals surface area contributed by atoms with E-state index in [1.54, 1.807) is 7.11 Å². The monoisotopic (exact) mass is 261 g/mol. The summed E-state index contributed by atoms with van der Waals surface area (Å²) in [6, 6.07) is 7.00. The molecule has 0 radical (unpaired) electrons. The van der Waals surface area contributed by atoms with E-state index in [9.17, 15) is 0 Å². The maximum atomic E-state index is 5.59. The lowest BCUT2D eigenvalue weighted by molar-refractivity contribution is 0.326. The van der Waals surface area contributed by atoms with Gasteiger partial charge in [-0.25, -0.2) is 0 Å². The molecule has 2 nitrogen and oxygen atoms in total. The summed E-state index contributed by atoms with van der Waals surface area (Å²) in [6.45, 7) is 2.12. The van der Waals surface area contributed by atoms with E-state index in [0.29, 0.717) is 6.04 Å². The molecule has 1 saturated carbocycles.